The van der Waals surface area contributed by atoms with E-state index in [0.717, 1.165) is 0 Å². The fourth-order valence-electron chi connectivity index (χ4n) is 2.48. The Morgan fingerprint density at radius 1 is 0.893 bits per heavy atom. The fraction of sp³-hybridized carbons (Fsp3) is 0.316. The highest BCUT2D eigenvalue weighted by Gasteiger charge is 2.16. The summed E-state index contributed by atoms with van der Waals surface area (Å²) in [5.41, 5.74) is 0.300. The molecule has 0 aliphatic heterocycles. The Morgan fingerprint density at radius 3 is 2.07 bits per heavy atom. The van der Waals surface area contributed by atoms with Gasteiger partial charge < -0.3 is 5.32 Å². The molecule has 7 nitrogen and oxygen atoms in total. The predicted molar refractivity (Wildman–Crippen MR) is 107 cm³/mol. The average molecular weight is 425 g/mol. The molecule has 2 rings (SSSR count). The molecule has 0 atom stereocenters. The van der Waals surface area contributed by atoms with Gasteiger partial charge in [-0.25, -0.2) is 21.6 Å². The van der Waals surface area contributed by atoms with E-state index in [1.54, 1.807) is 32.0 Å². The lowest BCUT2D eigenvalue weighted by atomic mass is 10.2. The highest BCUT2D eigenvalue weighted by molar-refractivity contribution is 7.91. The number of sulfonamides is 1. The van der Waals surface area contributed by atoms with Gasteiger partial charge in [-0.15, -0.1) is 0 Å². The lowest BCUT2D eigenvalue weighted by molar-refractivity contribution is 0.0953. The van der Waals surface area contributed by atoms with E-state index in [1.165, 1.54) is 36.4 Å². The van der Waals surface area contributed by atoms with Crippen LogP contribution in [0, 0.1) is 0 Å². The van der Waals surface area contributed by atoms with Crippen molar-refractivity contribution in [3.63, 3.8) is 0 Å². The van der Waals surface area contributed by atoms with Gasteiger partial charge in [0.25, 0.3) is 5.91 Å². The number of amides is 1. The lowest BCUT2D eigenvalue weighted by Crippen LogP contribution is -2.30. The number of sulfone groups is 1. The first-order chi connectivity index (χ1) is 13.1. The molecule has 0 aliphatic carbocycles. The van der Waals surface area contributed by atoms with E-state index in [4.69, 9.17) is 0 Å². The van der Waals surface area contributed by atoms with Crippen LogP contribution in [0.2, 0.25) is 0 Å². The van der Waals surface area contributed by atoms with Crippen LogP contribution < -0.4 is 10.0 Å². The van der Waals surface area contributed by atoms with Gasteiger partial charge in [0.2, 0.25) is 10.0 Å². The van der Waals surface area contributed by atoms with E-state index in [0.29, 0.717) is 5.56 Å². The summed E-state index contributed by atoms with van der Waals surface area (Å²) in [7, 11) is -6.99. The minimum absolute atomic E-state index is 0.0741. The van der Waals surface area contributed by atoms with Crippen molar-refractivity contribution in [1.82, 2.24) is 10.0 Å². The van der Waals surface area contributed by atoms with E-state index in [9.17, 15) is 21.6 Å². The molecule has 2 aromatic rings. The molecule has 0 saturated heterocycles. The zero-order valence-corrected chi connectivity index (χ0v) is 17.4. The smallest absolute Gasteiger partial charge is 0.251 e. The Kier molecular flexibility index (Phi) is 7.34. The van der Waals surface area contributed by atoms with Crippen molar-refractivity contribution >= 4 is 25.8 Å². The Hall–Kier alpha value is -2.23. The normalized spacial score (nSPS) is 12.1. The van der Waals surface area contributed by atoms with E-state index in [2.05, 4.69) is 10.0 Å². The number of rotatable bonds is 9. The Morgan fingerprint density at radius 2 is 1.50 bits per heavy atom. The molecule has 0 unspecified atom stereocenters. The van der Waals surface area contributed by atoms with Crippen molar-refractivity contribution in [2.24, 2.45) is 0 Å². The Labute approximate surface area is 166 Å². The van der Waals surface area contributed by atoms with Crippen LogP contribution in [0.25, 0.3) is 0 Å². The van der Waals surface area contributed by atoms with Crippen LogP contribution in [-0.4, -0.2) is 41.1 Å². The van der Waals surface area contributed by atoms with Gasteiger partial charge in [0.15, 0.2) is 9.84 Å². The maximum absolute atomic E-state index is 12.2. The van der Waals surface area contributed by atoms with Crippen molar-refractivity contribution in [3.8, 4) is 0 Å². The quantitative estimate of drug-likeness (QED) is 0.598. The first-order valence-electron chi connectivity index (χ1n) is 8.80. The minimum atomic E-state index is -3.61. The molecule has 152 valence electrons. The highest BCUT2D eigenvalue weighted by Crippen LogP contribution is 2.12. The monoisotopic (exact) mass is 424 g/mol. The first-order valence-corrected chi connectivity index (χ1v) is 11.9. The van der Waals surface area contributed by atoms with Gasteiger partial charge >= 0.3 is 0 Å². The van der Waals surface area contributed by atoms with Crippen molar-refractivity contribution in [3.05, 3.63) is 60.2 Å². The second-order valence-corrected chi connectivity index (χ2v) is 10.4. The summed E-state index contributed by atoms with van der Waals surface area (Å²) < 4.78 is 51.0. The number of benzene rings is 2. The molecule has 9 heteroatoms. The maximum atomic E-state index is 12.2. The van der Waals surface area contributed by atoms with Crippen molar-refractivity contribution in [2.45, 2.75) is 36.1 Å². The molecule has 0 fully saturated rings. The number of nitrogens with one attached hydrogen (secondary N) is 2. The van der Waals surface area contributed by atoms with Gasteiger partial charge in [-0.05, 0) is 56.7 Å². The van der Waals surface area contributed by atoms with Gasteiger partial charge in [0, 0.05) is 18.2 Å². The summed E-state index contributed by atoms with van der Waals surface area (Å²) in [5, 5.41) is 2.64. The van der Waals surface area contributed by atoms with Crippen molar-refractivity contribution in [1.29, 1.82) is 0 Å². The number of hydrogen-bond acceptors (Lipinski definition) is 5. The van der Waals surface area contributed by atoms with Crippen LogP contribution in [0.1, 0.15) is 30.6 Å². The van der Waals surface area contributed by atoms with Crippen LogP contribution in [0.15, 0.2) is 64.4 Å². The molecule has 0 spiro atoms. The standard InChI is InChI=1S/C19H24N2O5S2/c1-15(2)21-28(25,26)18-11-9-16(10-12-18)19(22)20-13-6-14-27(23,24)17-7-4-3-5-8-17/h3-5,7-12,15,21H,6,13-14H2,1-2H3,(H,20,22). The highest BCUT2D eigenvalue weighted by atomic mass is 32.2. The second kappa shape index (κ2) is 9.31. The molecule has 0 heterocycles. The largest absolute Gasteiger partial charge is 0.352 e. The van der Waals surface area contributed by atoms with Gasteiger partial charge in [0.1, 0.15) is 0 Å². The second-order valence-electron chi connectivity index (χ2n) is 6.54. The molecule has 1 amide bonds. The number of carbonyl (C=O) groups is 1. The van der Waals surface area contributed by atoms with E-state index in [-0.39, 0.29) is 34.6 Å². The number of carbonyl (C=O) groups excluding carboxylic acids is 1. The summed E-state index contributed by atoms with van der Waals surface area (Å²) in [6.45, 7) is 3.63. The molecule has 2 aromatic carbocycles. The summed E-state index contributed by atoms with van der Waals surface area (Å²) >= 11 is 0. The zero-order valence-electron chi connectivity index (χ0n) is 15.8. The van der Waals surface area contributed by atoms with Crippen molar-refractivity contribution < 1.29 is 21.6 Å². The zero-order chi connectivity index (χ0) is 20.8. The summed E-state index contributed by atoms with van der Waals surface area (Å²) in [6, 6.07) is 13.5. The van der Waals surface area contributed by atoms with E-state index >= 15 is 0 Å². The van der Waals surface area contributed by atoms with Crippen molar-refractivity contribution in [2.75, 3.05) is 12.3 Å². The molecular weight excluding hydrogens is 400 g/mol. The SMILES string of the molecule is CC(C)NS(=O)(=O)c1ccc(C(=O)NCCCS(=O)(=O)c2ccccc2)cc1. The maximum Gasteiger partial charge on any atom is 0.251 e. The molecule has 28 heavy (non-hydrogen) atoms. The molecule has 0 radical (unpaired) electrons. The topological polar surface area (TPSA) is 109 Å². The van der Waals surface area contributed by atoms with Gasteiger partial charge in [0.05, 0.1) is 15.5 Å². The number of hydrogen-bond donors (Lipinski definition) is 2. The minimum Gasteiger partial charge on any atom is -0.352 e. The van der Waals surface area contributed by atoms with Crippen LogP contribution in [0.4, 0.5) is 0 Å². The summed E-state index contributed by atoms with van der Waals surface area (Å²) in [6.07, 6.45) is 0.272. The molecule has 2 N–H and O–H groups in total. The van der Waals surface area contributed by atoms with E-state index in [1.807, 2.05) is 0 Å². The predicted octanol–water partition coefficient (Wildman–Crippen LogP) is 1.97. The third-order valence-electron chi connectivity index (χ3n) is 3.80. The molecular formula is C19H24N2O5S2. The van der Waals surface area contributed by atoms with Gasteiger partial charge in [-0.1, -0.05) is 18.2 Å². The van der Waals surface area contributed by atoms with Crippen LogP contribution >= 0.6 is 0 Å². The Balaban J connectivity index is 1.88. The third-order valence-corrected chi connectivity index (χ3v) is 7.29. The molecule has 0 aromatic heterocycles. The van der Waals surface area contributed by atoms with Crippen LogP contribution in [-0.2, 0) is 19.9 Å². The van der Waals surface area contributed by atoms with Crippen LogP contribution in [0.5, 0.6) is 0 Å². The van der Waals surface area contributed by atoms with Gasteiger partial charge in [-0.2, -0.15) is 0 Å². The summed E-state index contributed by atoms with van der Waals surface area (Å²) in [5.74, 6) is -0.465. The fourth-order valence-corrected chi connectivity index (χ4v) is 5.06. The molecule has 0 aliphatic rings. The van der Waals surface area contributed by atoms with Gasteiger partial charge in [-0.3, -0.25) is 4.79 Å². The summed E-state index contributed by atoms with van der Waals surface area (Å²) in [4.78, 5) is 12.5. The van der Waals surface area contributed by atoms with Crippen LogP contribution in [0.3, 0.4) is 0 Å². The first kappa shape index (κ1) is 22.1. The Bertz CT molecular complexity index is 1000. The molecule has 0 saturated carbocycles. The third kappa shape index (κ3) is 6.15. The van der Waals surface area contributed by atoms with E-state index < -0.39 is 25.8 Å². The average Bonchev–Trinajstić information content (AvgIpc) is 2.65. The lowest BCUT2D eigenvalue weighted by Gasteiger charge is -2.10. The molecule has 0 bridgehead atoms.